The largest absolute Gasteiger partial charge is 0.466 e. The molecule has 0 aliphatic carbocycles. The first-order valence-corrected chi connectivity index (χ1v) is 5.33. The number of ether oxygens (including phenoxy) is 1. The summed E-state index contributed by atoms with van der Waals surface area (Å²) < 4.78 is 4.80. The van der Waals surface area contributed by atoms with Crippen molar-refractivity contribution in [2.24, 2.45) is 0 Å². The van der Waals surface area contributed by atoms with Crippen LogP contribution in [0.25, 0.3) is 0 Å². The van der Waals surface area contributed by atoms with Crippen molar-refractivity contribution in [3.8, 4) is 6.07 Å². The van der Waals surface area contributed by atoms with Gasteiger partial charge in [0.15, 0.2) is 0 Å². The normalized spacial score (nSPS) is 9.61. The number of carbonyl (C=O) groups is 1. The molecule has 0 amide bonds. The molecule has 0 N–H and O–H groups in total. The van der Waals surface area contributed by atoms with E-state index in [0.717, 1.165) is 0 Å². The van der Waals surface area contributed by atoms with Gasteiger partial charge in [-0.1, -0.05) is 0 Å². The molecule has 6 heteroatoms. The third kappa shape index (κ3) is 3.04. The van der Waals surface area contributed by atoms with E-state index in [9.17, 15) is 14.9 Å². The molecule has 0 fully saturated rings. The van der Waals surface area contributed by atoms with E-state index >= 15 is 0 Å². The van der Waals surface area contributed by atoms with Crippen LogP contribution in [0.15, 0.2) is 12.1 Å². The molecule has 0 aliphatic rings. The average Bonchev–Trinajstić information content (AvgIpc) is 2.31. The van der Waals surface area contributed by atoms with Crippen molar-refractivity contribution in [3.63, 3.8) is 0 Å². The number of aryl methyl sites for hydroxylation is 1. The maximum absolute atomic E-state index is 11.4. The lowest BCUT2D eigenvalue weighted by atomic mass is 9.99. The number of esters is 1. The third-order valence-electron chi connectivity index (χ3n) is 2.42. The van der Waals surface area contributed by atoms with Gasteiger partial charge in [-0.2, -0.15) is 5.26 Å². The van der Waals surface area contributed by atoms with Gasteiger partial charge >= 0.3 is 5.97 Å². The maximum atomic E-state index is 11.4. The van der Waals surface area contributed by atoms with Gasteiger partial charge in [-0.05, 0) is 25.0 Å². The first kappa shape index (κ1) is 13.6. The number of benzene rings is 1. The fourth-order valence-corrected chi connectivity index (χ4v) is 1.59. The minimum absolute atomic E-state index is 0.0550. The van der Waals surface area contributed by atoms with Gasteiger partial charge in [0.05, 0.1) is 29.6 Å². The van der Waals surface area contributed by atoms with Gasteiger partial charge in [-0.15, -0.1) is 0 Å². The number of nitro benzene ring substituents is 1. The molecule has 94 valence electrons. The van der Waals surface area contributed by atoms with E-state index in [0.29, 0.717) is 11.1 Å². The Morgan fingerprint density at radius 2 is 2.22 bits per heavy atom. The van der Waals surface area contributed by atoms with E-state index in [4.69, 9.17) is 10.00 Å². The van der Waals surface area contributed by atoms with E-state index in [1.807, 2.05) is 6.07 Å². The average molecular weight is 248 g/mol. The highest BCUT2D eigenvalue weighted by Gasteiger charge is 2.17. The van der Waals surface area contributed by atoms with Crippen molar-refractivity contribution in [1.82, 2.24) is 0 Å². The van der Waals surface area contributed by atoms with Crippen molar-refractivity contribution in [1.29, 1.82) is 5.26 Å². The molecule has 0 radical (unpaired) electrons. The summed E-state index contributed by atoms with van der Waals surface area (Å²) in [4.78, 5) is 21.5. The lowest BCUT2D eigenvalue weighted by Crippen LogP contribution is -2.10. The second-order valence-corrected chi connectivity index (χ2v) is 3.64. The molecule has 0 saturated heterocycles. The maximum Gasteiger partial charge on any atom is 0.310 e. The van der Waals surface area contributed by atoms with Crippen LogP contribution in [0.1, 0.15) is 23.6 Å². The summed E-state index contributed by atoms with van der Waals surface area (Å²) >= 11 is 0. The highest BCUT2D eigenvalue weighted by Crippen LogP contribution is 2.22. The molecule has 0 heterocycles. The summed E-state index contributed by atoms with van der Waals surface area (Å²) in [5, 5.41) is 19.6. The van der Waals surface area contributed by atoms with E-state index in [-0.39, 0.29) is 24.3 Å². The Bertz CT molecular complexity index is 532. The molecular weight excluding hydrogens is 236 g/mol. The van der Waals surface area contributed by atoms with Gasteiger partial charge < -0.3 is 4.74 Å². The van der Waals surface area contributed by atoms with E-state index in [2.05, 4.69) is 0 Å². The number of nitrogens with zero attached hydrogens (tertiary/aromatic N) is 2. The van der Waals surface area contributed by atoms with Gasteiger partial charge in [0.25, 0.3) is 5.69 Å². The zero-order chi connectivity index (χ0) is 13.7. The number of nitro groups is 1. The molecule has 0 spiro atoms. The van der Waals surface area contributed by atoms with Crippen molar-refractivity contribution >= 4 is 11.7 Å². The number of carbonyl (C=O) groups excluding carboxylic acids is 1. The Kier molecular flexibility index (Phi) is 4.38. The molecule has 0 bridgehead atoms. The first-order valence-electron chi connectivity index (χ1n) is 5.33. The van der Waals surface area contributed by atoms with Crippen LogP contribution in [0.2, 0.25) is 0 Å². The predicted octanol–water partition coefficient (Wildman–Crippen LogP) is 1.88. The quantitative estimate of drug-likeness (QED) is 0.460. The van der Waals surface area contributed by atoms with Gasteiger partial charge in [-0.25, -0.2) is 0 Å². The summed E-state index contributed by atoms with van der Waals surface area (Å²) in [6.07, 6.45) is -0.0550. The van der Waals surface area contributed by atoms with Crippen molar-refractivity contribution in [2.45, 2.75) is 20.3 Å². The highest BCUT2D eigenvalue weighted by molar-refractivity contribution is 5.74. The number of non-ortho nitro benzene ring substituents is 1. The fourth-order valence-electron chi connectivity index (χ4n) is 1.59. The van der Waals surface area contributed by atoms with Gasteiger partial charge in [0, 0.05) is 12.1 Å². The van der Waals surface area contributed by atoms with Crippen molar-refractivity contribution in [3.05, 3.63) is 38.9 Å². The lowest BCUT2D eigenvalue weighted by molar-refractivity contribution is -0.384. The molecule has 0 aliphatic heterocycles. The Morgan fingerprint density at radius 3 is 2.72 bits per heavy atom. The highest BCUT2D eigenvalue weighted by atomic mass is 16.6. The molecule has 1 aromatic carbocycles. The second kappa shape index (κ2) is 5.77. The summed E-state index contributed by atoms with van der Waals surface area (Å²) in [7, 11) is 0. The minimum Gasteiger partial charge on any atom is -0.466 e. The van der Waals surface area contributed by atoms with E-state index < -0.39 is 10.9 Å². The molecule has 1 rings (SSSR count). The monoisotopic (exact) mass is 248 g/mol. The summed E-state index contributed by atoms with van der Waals surface area (Å²) in [6.45, 7) is 3.57. The van der Waals surface area contributed by atoms with Crippen LogP contribution >= 0.6 is 0 Å². The SMILES string of the molecule is CCOC(=O)Cc1c(C)cc([N+](=O)[O-])cc1C#N. The van der Waals surface area contributed by atoms with Crippen LogP contribution in [-0.2, 0) is 16.0 Å². The fraction of sp³-hybridized carbons (Fsp3) is 0.333. The number of nitriles is 1. The summed E-state index contributed by atoms with van der Waals surface area (Å²) in [6, 6.07) is 4.38. The Hall–Kier alpha value is -2.42. The van der Waals surface area contributed by atoms with E-state index in [1.54, 1.807) is 13.8 Å². The van der Waals surface area contributed by atoms with Gasteiger partial charge in [-0.3, -0.25) is 14.9 Å². The standard InChI is InChI=1S/C12H12N2O4/c1-3-18-12(15)6-11-8(2)4-10(14(16)17)5-9(11)7-13/h4-5H,3,6H2,1-2H3. The van der Waals surface area contributed by atoms with Crippen LogP contribution < -0.4 is 0 Å². The molecule has 0 atom stereocenters. The van der Waals surface area contributed by atoms with Gasteiger partial charge in [0.2, 0.25) is 0 Å². The molecule has 0 unspecified atom stereocenters. The summed E-state index contributed by atoms with van der Waals surface area (Å²) in [5.74, 6) is -0.453. The topological polar surface area (TPSA) is 93.2 Å². The smallest absolute Gasteiger partial charge is 0.310 e. The van der Waals surface area contributed by atoms with Crippen LogP contribution in [0.4, 0.5) is 5.69 Å². The molecule has 1 aromatic rings. The molecule has 18 heavy (non-hydrogen) atoms. The van der Waals surface area contributed by atoms with Crippen molar-refractivity contribution in [2.75, 3.05) is 6.61 Å². The number of hydrogen-bond acceptors (Lipinski definition) is 5. The van der Waals surface area contributed by atoms with Crippen LogP contribution in [0.5, 0.6) is 0 Å². The predicted molar refractivity (Wildman–Crippen MR) is 62.9 cm³/mol. The zero-order valence-corrected chi connectivity index (χ0v) is 10.1. The Balaban J connectivity index is 3.16. The molecular formula is C12H12N2O4. The van der Waals surface area contributed by atoms with Crippen molar-refractivity contribution < 1.29 is 14.5 Å². The Labute approximate surface area is 104 Å². The van der Waals surface area contributed by atoms with Crippen LogP contribution in [-0.4, -0.2) is 17.5 Å². The molecule has 0 aromatic heterocycles. The number of hydrogen-bond donors (Lipinski definition) is 0. The van der Waals surface area contributed by atoms with Crippen LogP contribution in [0, 0.1) is 28.4 Å². The molecule has 0 saturated carbocycles. The lowest BCUT2D eigenvalue weighted by Gasteiger charge is -2.07. The number of rotatable bonds is 4. The summed E-state index contributed by atoms with van der Waals surface area (Å²) in [5.41, 5.74) is 0.988. The van der Waals surface area contributed by atoms with Gasteiger partial charge in [0.1, 0.15) is 0 Å². The second-order valence-electron chi connectivity index (χ2n) is 3.64. The minimum atomic E-state index is -0.567. The molecule has 6 nitrogen and oxygen atoms in total. The zero-order valence-electron chi connectivity index (χ0n) is 10.1. The van der Waals surface area contributed by atoms with E-state index in [1.165, 1.54) is 12.1 Å². The van der Waals surface area contributed by atoms with Crippen LogP contribution in [0.3, 0.4) is 0 Å². The first-order chi connectivity index (χ1) is 8.49. The third-order valence-corrected chi connectivity index (χ3v) is 2.42. The Morgan fingerprint density at radius 1 is 1.56 bits per heavy atom.